The summed E-state index contributed by atoms with van der Waals surface area (Å²) in [7, 11) is 3.63. The molecule has 1 amide bonds. The van der Waals surface area contributed by atoms with Crippen LogP contribution < -0.4 is 0 Å². The molecule has 4 saturated carbocycles. The number of rotatable bonds is 12. The Balaban J connectivity index is 1.24. The molecular weight excluding hydrogens is 691 g/mol. The third kappa shape index (κ3) is 7.45. The number of fused-ring (bicyclic) bond motifs is 7. The van der Waals surface area contributed by atoms with Gasteiger partial charge in [0, 0.05) is 50.3 Å². The van der Waals surface area contributed by atoms with Crippen molar-refractivity contribution in [3.05, 3.63) is 41.2 Å². The molecule has 0 saturated heterocycles. The molecule has 0 bridgehead atoms. The van der Waals surface area contributed by atoms with Crippen molar-refractivity contribution < 1.29 is 29.0 Å². The highest BCUT2D eigenvalue weighted by atomic mass is 16.5. The lowest BCUT2D eigenvalue weighted by Crippen LogP contribution is -2.63. The summed E-state index contributed by atoms with van der Waals surface area (Å²) in [5.74, 6) is 1.08. The fourth-order valence-electron chi connectivity index (χ4n) is 13.2. The fourth-order valence-corrected chi connectivity index (χ4v) is 13.2. The summed E-state index contributed by atoms with van der Waals surface area (Å²) in [4.78, 5) is 60.2. The van der Waals surface area contributed by atoms with Crippen LogP contribution >= 0.6 is 0 Å². The lowest BCUT2D eigenvalue weighted by atomic mass is 9.36. The molecule has 304 valence electrons. The van der Waals surface area contributed by atoms with Gasteiger partial charge in [-0.25, -0.2) is 0 Å². The number of Topliss-reactive ketones (excluding diaryl/α,β-unsaturated/α-hetero) is 1. The van der Waals surface area contributed by atoms with E-state index < -0.39 is 17.4 Å². The fraction of sp³-hybridized carbons (Fsp3) is 0.761. The van der Waals surface area contributed by atoms with Gasteiger partial charge in [-0.1, -0.05) is 47.1 Å². The van der Waals surface area contributed by atoms with Gasteiger partial charge in [0.2, 0.25) is 5.91 Å². The molecule has 1 aromatic rings. The van der Waals surface area contributed by atoms with E-state index in [2.05, 4.69) is 51.4 Å². The highest BCUT2D eigenvalue weighted by Gasteiger charge is 2.66. The summed E-state index contributed by atoms with van der Waals surface area (Å²) in [6.45, 7) is 19.1. The Hall–Kier alpha value is -3.07. The summed E-state index contributed by atoms with van der Waals surface area (Å²) in [5.41, 5.74) is 2.44. The van der Waals surface area contributed by atoms with Crippen LogP contribution in [-0.4, -0.2) is 76.8 Å². The zero-order valence-electron chi connectivity index (χ0n) is 35.5. The number of aromatic nitrogens is 1. The molecule has 9 heteroatoms. The standard InChI is InChI=1S/C46H69N3O6/c1-29(2)39-33(50)25-46(21-24-49(28-37(51)48(9)10)27-30-16-22-47-23-17-30)20-13-32-31(40(39)46)11-12-35-44(32,7)18-14-34-43(5,6)36(15-19-45(34,35)8)55-38(52)26-42(3,4)41(53)54/h16-17,22-23,29,31-32,34-36H,11-15,18-21,24-28H2,1-10H3,(H,53,54). The number of ketones is 1. The molecule has 8 atom stereocenters. The summed E-state index contributed by atoms with van der Waals surface area (Å²) in [6, 6.07) is 4.05. The number of aliphatic carboxylic acids is 1. The molecule has 55 heavy (non-hydrogen) atoms. The van der Waals surface area contributed by atoms with Gasteiger partial charge in [0.1, 0.15) is 6.10 Å². The number of likely N-dealkylation sites (N-methyl/N-ethyl adjacent to an activating group) is 1. The molecule has 0 spiro atoms. The zero-order chi connectivity index (χ0) is 40.3. The van der Waals surface area contributed by atoms with E-state index in [1.165, 1.54) is 5.57 Å². The Bertz CT molecular complexity index is 1680. The van der Waals surface area contributed by atoms with E-state index >= 15 is 0 Å². The van der Waals surface area contributed by atoms with Gasteiger partial charge >= 0.3 is 11.9 Å². The van der Waals surface area contributed by atoms with Crippen LogP contribution in [0.2, 0.25) is 0 Å². The zero-order valence-corrected chi connectivity index (χ0v) is 35.5. The summed E-state index contributed by atoms with van der Waals surface area (Å²) >= 11 is 0. The van der Waals surface area contributed by atoms with Gasteiger partial charge in [0.05, 0.1) is 18.4 Å². The van der Waals surface area contributed by atoms with Gasteiger partial charge in [-0.05, 0) is 142 Å². The average Bonchev–Trinajstić information content (AvgIpc) is 3.41. The van der Waals surface area contributed by atoms with Crippen LogP contribution in [0.25, 0.3) is 0 Å². The lowest BCUT2D eigenvalue weighted by molar-refractivity contribution is -0.214. The minimum atomic E-state index is -1.16. The molecule has 0 aromatic carbocycles. The summed E-state index contributed by atoms with van der Waals surface area (Å²) in [6.07, 6.45) is 13.2. The summed E-state index contributed by atoms with van der Waals surface area (Å²) in [5, 5.41) is 9.62. The van der Waals surface area contributed by atoms with Crippen molar-refractivity contribution in [2.45, 2.75) is 139 Å². The maximum absolute atomic E-state index is 14.2. The minimum absolute atomic E-state index is 0.0873. The number of hydrogen-bond acceptors (Lipinski definition) is 7. The summed E-state index contributed by atoms with van der Waals surface area (Å²) < 4.78 is 6.17. The van der Waals surface area contributed by atoms with Crippen molar-refractivity contribution in [1.82, 2.24) is 14.8 Å². The Morgan fingerprint density at radius 3 is 2.25 bits per heavy atom. The predicted molar refractivity (Wildman–Crippen MR) is 214 cm³/mol. The van der Waals surface area contributed by atoms with Crippen molar-refractivity contribution in [1.29, 1.82) is 0 Å². The quantitative estimate of drug-likeness (QED) is 0.212. The van der Waals surface area contributed by atoms with Crippen molar-refractivity contribution in [2.24, 2.45) is 56.7 Å². The van der Waals surface area contributed by atoms with Crippen LogP contribution in [-0.2, 0) is 30.5 Å². The normalized spacial score (nSPS) is 34.1. The topological polar surface area (TPSA) is 117 Å². The Morgan fingerprint density at radius 2 is 1.62 bits per heavy atom. The maximum Gasteiger partial charge on any atom is 0.309 e. The van der Waals surface area contributed by atoms with Gasteiger partial charge < -0.3 is 14.7 Å². The SMILES string of the molecule is CC(C)C1=C2C3CCC4C(C)(CCC5C(C)(C)C(OC(=O)CC(C)(C)C(=O)O)CCC54C)C3CCC2(CCN(CC(=O)N(C)C)Cc2ccncc2)CC1=O. The first kappa shape index (κ1) is 41.6. The highest BCUT2D eigenvalue weighted by molar-refractivity contribution is 6.00. The van der Waals surface area contributed by atoms with E-state index in [0.29, 0.717) is 49.0 Å². The number of nitrogens with zero attached hydrogens (tertiary/aromatic N) is 3. The molecule has 6 rings (SSSR count). The molecule has 0 radical (unpaired) electrons. The number of pyridine rings is 1. The first-order valence-corrected chi connectivity index (χ1v) is 21.2. The van der Waals surface area contributed by atoms with E-state index in [1.807, 2.05) is 38.6 Å². The number of allylic oxidation sites excluding steroid dienone is 2. The van der Waals surface area contributed by atoms with E-state index in [0.717, 1.165) is 75.5 Å². The highest BCUT2D eigenvalue weighted by Crippen LogP contribution is 2.73. The van der Waals surface area contributed by atoms with Gasteiger partial charge in [0.25, 0.3) is 0 Å². The number of esters is 1. The van der Waals surface area contributed by atoms with E-state index in [4.69, 9.17) is 4.74 Å². The molecule has 9 nitrogen and oxygen atoms in total. The Kier molecular flexibility index (Phi) is 11.4. The second-order valence-electron chi connectivity index (χ2n) is 20.7. The van der Waals surface area contributed by atoms with Crippen LogP contribution in [0.4, 0.5) is 0 Å². The van der Waals surface area contributed by atoms with E-state index in [1.54, 1.807) is 18.7 Å². The minimum Gasteiger partial charge on any atom is -0.481 e. The number of amides is 1. The van der Waals surface area contributed by atoms with Gasteiger partial charge in [-0.15, -0.1) is 0 Å². The van der Waals surface area contributed by atoms with Crippen molar-refractivity contribution >= 4 is 23.6 Å². The van der Waals surface area contributed by atoms with Crippen molar-refractivity contribution in [2.75, 3.05) is 27.2 Å². The Morgan fingerprint density at radius 1 is 0.945 bits per heavy atom. The van der Waals surface area contributed by atoms with E-state index in [-0.39, 0.29) is 46.0 Å². The average molecular weight is 760 g/mol. The smallest absolute Gasteiger partial charge is 0.309 e. The molecule has 5 aliphatic rings. The second-order valence-corrected chi connectivity index (χ2v) is 20.7. The van der Waals surface area contributed by atoms with Gasteiger partial charge in [-0.3, -0.25) is 29.1 Å². The van der Waals surface area contributed by atoms with Crippen LogP contribution in [0.5, 0.6) is 0 Å². The first-order valence-electron chi connectivity index (χ1n) is 21.2. The molecule has 8 unspecified atom stereocenters. The van der Waals surface area contributed by atoms with Crippen LogP contribution in [0.15, 0.2) is 35.7 Å². The van der Waals surface area contributed by atoms with Gasteiger partial charge in [-0.2, -0.15) is 0 Å². The molecule has 1 N–H and O–H groups in total. The molecule has 1 aromatic heterocycles. The number of ether oxygens (including phenoxy) is 1. The third-order valence-electron chi connectivity index (χ3n) is 16.0. The molecule has 0 aliphatic heterocycles. The number of carbonyl (C=O) groups excluding carboxylic acids is 3. The van der Waals surface area contributed by atoms with Crippen molar-refractivity contribution in [3.8, 4) is 0 Å². The van der Waals surface area contributed by atoms with Crippen LogP contribution in [0.3, 0.4) is 0 Å². The number of carboxylic acid groups (broad SMARTS) is 1. The molecular formula is C46H69N3O6. The largest absolute Gasteiger partial charge is 0.481 e. The number of hydrogen-bond donors (Lipinski definition) is 1. The number of carboxylic acids is 1. The second kappa shape index (κ2) is 15.0. The molecule has 5 aliphatic carbocycles. The van der Waals surface area contributed by atoms with Gasteiger partial charge in [0.15, 0.2) is 5.78 Å². The molecule has 1 heterocycles. The molecule has 4 fully saturated rings. The first-order chi connectivity index (χ1) is 25.7. The maximum atomic E-state index is 14.2. The lowest BCUT2D eigenvalue weighted by Gasteiger charge is -2.69. The van der Waals surface area contributed by atoms with Crippen LogP contribution in [0, 0.1) is 56.7 Å². The van der Waals surface area contributed by atoms with E-state index in [9.17, 15) is 24.3 Å². The Labute approximate surface area is 330 Å². The van der Waals surface area contributed by atoms with Crippen molar-refractivity contribution in [3.63, 3.8) is 0 Å². The van der Waals surface area contributed by atoms with Crippen LogP contribution in [0.1, 0.15) is 132 Å². The third-order valence-corrected chi connectivity index (χ3v) is 16.0. The monoisotopic (exact) mass is 760 g/mol. The predicted octanol–water partition coefficient (Wildman–Crippen LogP) is 8.37. The number of carbonyl (C=O) groups is 4.